The fourth-order valence-electron chi connectivity index (χ4n) is 3.01. The predicted molar refractivity (Wildman–Crippen MR) is 79.2 cm³/mol. The molecule has 0 spiro atoms. The number of benzene rings is 1. The van der Waals surface area contributed by atoms with Crippen molar-refractivity contribution in [2.24, 2.45) is 5.92 Å². The van der Waals surface area contributed by atoms with Crippen LogP contribution in [0.15, 0.2) is 24.3 Å². The van der Waals surface area contributed by atoms with Crippen molar-refractivity contribution in [2.45, 2.75) is 51.5 Å². The Kier molecular flexibility index (Phi) is 5.52. The Morgan fingerprint density at radius 2 is 2.22 bits per heavy atom. The second kappa shape index (κ2) is 7.16. The molecule has 0 aromatic heterocycles. The molecule has 2 atom stereocenters. The van der Waals surface area contributed by atoms with Gasteiger partial charge in [-0.2, -0.15) is 0 Å². The van der Waals surface area contributed by atoms with Gasteiger partial charge in [0.15, 0.2) is 0 Å². The molecule has 2 rings (SSSR count). The van der Waals surface area contributed by atoms with Gasteiger partial charge >= 0.3 is 0 Å². The molecule has 1 aromatic rings. The van der Waals surface area contributed by atoms with E-state index in [4.69, 9.17) is 11.6 Å². The van der Waals surface area contributed by atoms with E-state index in [1.165, 1.54) is 44.1 Å². The molecule has 1 aliphatic carbocycles. The van der Waals surface area contributed by atoms with Gasteiger partial charge in [-0.15, -0.1) is 0 Å². The summed E-state index contributed by atoms with van der Waals surface area (Å²) in [4.78, 5) is 0. The van der Waals surface area contributed by atoms with Gasteiger partial charge in [0, 0.05) is 11.1 Å². The number of hydrogen-bond acceptors (Lipinski definition) is 1. The van der Waals surface area contributed by atoms with Crippen LogP contribution in [-0.4, -0.2) is 12.6 Å². The molecule has 18 heavy (non-hydrogen) atoms. The van der Waals surface area contributed by atoms with Crippen molar-refractivity contribution in [3.05, 3.63) is 34.9 Å². The van der Waals surface area contributed by atoms with Crippen LogP contribution in [0.25, 0.3) is 0 Å². The van der Waals surface area contributed by atoms with Crippen LogP contribution < -0.4 is 5.32 Å². The van der Waals surface area contributed by atoms with E-state index in [0.29, 0.717) is 0 Å². The lowest BCUT2D eigenvalue weighted by molar-refractivity contribution is 0.284. The summed E-state index contributed by atoms with van der Waals surface area (Å²) in [6.07, 6.45) is 7.84. The summed E-state index contributed by atoms with van der Waals surface area (Å²) in [5.41, 5.74) is 1.39. The molecule has 0 bridgehead atoms. The normalized spacial score (nSPS) is 24.1. The number of nitrogens with one attached hydrogen (secondary N) is 1. The van der Waals surface area contributed by atoms with Gasteiger partial charge in [0.05, 0.1) is 0 Å². The van der Waals surface area contributed by atoms with Crippen LogP contribution in [0.4, 0.5) is 0 Å². The number of halogens is 1. The van der Waals surface area contributed by atoms with E-state index in [2.05, 4.69) is 30.4 Å². The molecular weight excluding hydrogens is 242 g/mol. The third kappa shape index (κ3) is 4.29. The van der Waals surface area contributed by atoms with E-state index < -0.39 is 0 Å². The molecule has 1 N–H and O–H groups in total. The van der Waals surface area contributed by atoms with Gasteiger partial charge in [0.25, 0.3) is 0 Å². The second-order valence-corrected chi connectivity index (χ2v) is 5.95. The lowest BCUT2D eigenvalue weighted by Crippen LogP contribution is -2.35. The maximum absolute atomic E-state index is 6.05. The molecule has 1 aromatic carbocycles. The standard InChI is InChI=1S/C16H24ClN/c1-2-9-18-16-8-4-6-14(12-16)10-13-5-3-7-15(17)11-13/h3,5,7,11,14,16,18H,2,4,6,8-10,12H2,1H3. The van der Waals surface area contributed by atoms with Crippen molar-refractivity contribution < 1.29 is 0 Å². The Hall–Kier alpha value is -0.530. The average Bonchev–Trinajstić information content (AvgIpc) is 2.37. The van der Waals surface area contributed by atoms with Crippen LogP contribution in [0.2, 0.25) is 5.02 Å². The maximum Gasteiger partial charge on any atom is 0.0408 e. The molecule has 2 heteroatoms. The summed E-state index contributed by atoms with van der Waals surface area (Å²) in [5.74, 6) is 0.826. The van der Waals surface area contributed by atoms with Crippen molar-refractivity contribution in [3.8, 4) is 0 Å². The summed E-state index contributed by atoms with van der Waals surface area (Å²) in [5, 5.41) is 4.54. The molecule has 1 saturated carbocycles. The highest BCUT2D eigenvalue weighted by molar-refractivity contribution is 6.30. The van der Waals surface area contributed by atoms with Crippen LogP contribution in [0, 0.1) is 5.92 Å². The van der Waals surface area contributed by atoms with Gasteiger partial charge in [-0.05, 0) is 55.8 Å². The van der Waals surface area contributed by atoms with Gasteiger partial charge in [-0.3, -0.25) is 0 Å². The minimum atomic E-state index is 0.739. The smallest absolute Gasteiger partial charge is 0.0408 e. The monoisotopic (exact) mass is 265 g/mol. The summed E-state index contributed by atoms with van der Waals surface area (Å²) in [7, 11) is 0. The molecule has 0 amide bonds. The molecular formula is C16H24ClN. The molecule has 2 unspecified atom stereocenters. The minimum absolute atomic E-state index is 0.739. The summed E-state index contributed by atoms with van der Waals surface area (Å²) in [6.45, 7) is 3.40. The van der Waals surface area contributed by atoms with Crippen molar-refractivity contribution in [1.82, 2.24) is 5.32 Å². The first-order valence-corrected chi connectivity index (χ1v) is 7.63. The molecule has 100 valence electrons. The molecule has 1 aliphatic rings. The highest BCUT2D eigenvalue weighted by Crippen LogP contribution is 2.28. The quantitative estimate of drug-likeness (QED) is 0.830. The summed E-state index contributed by atoms with van der Waals surface area (Å²) < 4.78 is 0. The highest BCUT2D eigenvalue weighted by atomic mass is 35.5. The van der Waals surface area contributed by atoms with E-state index in [1.807, 2.05) is 6.07 Å². The van der Waals surface area contributed by atoms with E-state index in [9.17, 15) is 0 Å². The average molecular weight is 266 g/mol. The Morgan fingerprint density at radius 3 is 3.00 bits per heavy atom. The zero-order chi connectivity index (χ0) is 12.8. The van der Waals surface area contributed by atoms with Gasteiger partial charge in [0.1, 0.15) is 0 Å². The topological polar surface area (TPSA) is 12.0 Å². The second-order valence-electron chi connectivity index (χ2n) is 5.52. The first kappa shape index (κ1) is 13.9. The van der Waals surface area contributed by atoms with E-state index in [-0.39, 0.29) is 0 Å². The van der Waals surface area contributed by atoms with Crippen molar-refractivity contribution in [2.75, 3.05) is 6.54 Å². The fourth-order valence-corrected chi connectivity index (χ4v) is 3.22. The first-order valence-electron chi connectivity index (χ1n) is 7.25. The van der Waals surface area contributed by atoms with Crippen LogP contribution in [0.5, 0.6) is 0 Å². The van der Waals surface area contributed by atoms with Crippen LogP contribution in [-0.2, 0) is 6.42 Å². The predicted octanol–water partition coefficient (Wildman–Crippen LogP) is 4.44. The Labute approximate surface area is 116 Å². The lowest BCUT2D eigenvalue weighted by Gasteiger charge is -2.30. The first-order chi connectivity index (χ1) is 8.78. The zero-order valence-corrected chi connectivity index (χ0v) is 12.0. The number of hydrogen-bond donors (Lipinski definition) is 1. The zero-order valence-electron chi connectivity index (χ0n) is 11.3. The summed E-state index contributed by atoms with van der Waals surface area (Å²) >= 11 is 6.05. The van der Waals surface area contributed by atoms with Crippen LogP contribution in [0.1, 0.15) is 44.6 Å². The Bertz CT molecular complexity index is 364. The third-order valence-corrected chi connectivity index (χ3v) is 4.11. The summed E-state index contributed by atoms with van der Waals surface area (Å²) in [6, 6.07) is 9.08. The van der Waals surface area contributed by atoms with E-state index in [1.54, 1.807) is 0 Å². The molecule has 0 radical (unpaired) electrons. The van der Waals surface area contributed by atoms with Crippen LogP contribution >= 0.6 is 11.6 Å². The lowest BCUT2D eigenvalue weighted by atomic mass is 9.82. The molecule has 0 heterocycles. The van der Waals surface area contributed by atoms with E-state index in [0.717, 1.165) is 23.5 Å². The Balaban J connectivity index is 1.85. The fraction of sp³-hybridized carbons (Fsp3) is 0.625. The SMILES string of the molecule is CCCNC1CCCC(Cc2cccc(Cl)c2)C1. The maximum atomic E-state index is 6.05. The molecule has 1 nitrogen and oxygen atoms in total. The van der Waals surface area contributed by atoms with Crippen LogP contribution in [0.3, 0.4) is 0 Å². The van der Waals surface area contributed by atoms with Crippen molar-refractivity contribution >= 4 is 11.6 Å². The van der Waals surface area contributed by atoms with Gasteiger partial charge < -0.3 is 5.32 Å². The largest absolute Gasteiger partial charge is 0.314 e. The molecule has 0 aliphatic heterocycles. The highest BCUT2D eigenvalue weighted by Gasteiger charge is 2.21. The number of rotatable bonds is 5. The molecule has 1 fully saturated rings. The van der Waals surface area contributed by atoms with Gasteiger partial charge in [-0.25, -0.2) is 0 Å². The van der Waals surface area contributed by atoms with Crippen molar-refractivity contribution in [3.63, 3.8) is 0 Å². The van der Waals surface area contributed by atoms with E-state index >= 15 is 0 Å². The minimum Gasteiger partial charge on any atom is -0.314 e. The third-order valence-electron chi connectivity index (χ3n) is 3.88. The molecule has 0 saturated heterocycles. The van der Waals surface area contributed by atoms with Gasteiger partial charge in [0.2, 0.25) is 0 Å². The Morgan fingerprint density at radius 1 is 1.33 bits per heavy atom. The van der Waals surface area contributed by atoms with Crippen molar-refractivity contribution in [1.29, 1.82) is 0 Å². The van der Waals surface area contributed by atoms with Gasteiger partial charge in [-0.1, -0.05) is 43.5 Å².